The number of amides is 1. The molecule has 0 atom stereocenters. The number of likely N-dealkylation sites (N-methyl/N-ethyl adjacent to an activating group) is 2. The zero-order chi connectivity index (χ0) is 21.2. The minimum Gasteiger partial charge on any atom is -0.395 e. The molecule has 1 heterocycles. The van der Waals surface area contributed by atoms with Crippen molar-refractivity contribution in [1.29, 1.82) is 0 Å². The molecule has 0 saturated heterocycles. The summed E-state index contributed by atoms with van der Waals surface area (Å²) in [4.78, 5) is 27.6. The van der Waals surface area contributed by atoms with Crippen molar-refractivity contribution in [3.05, 3.63) is 16.9 Å². The van der Waals surface area contributed by atoms with Crippen molar-refractivity contribution in [3.8, 4) is 0 Å². The van der Waals surface area contributed by atoms with Crippen molar-refractivity contribution in [3.63, 3.8) is 0 Å². The van der Waals surface area contributed by atoms with Gasteiger partial charge in [0, 0.05) is 58.6 Å². The van der Waals surface area contributed by atoms with E-state index in [0.29, 0.717) is 12.5 Å². The molecule has 164 valence electrons. The van der Waals surface area contributed by atoms with Gasteiger partial charge in [0.1, 0.15) is 0 Å². The Bertz CT molecular complexity index is 608. The third-order valence-corrected chi connectivity index (χ3v) is 6.42. The van der Waals surface area contributed by atoms with Crippen LogP contribution < -0.4 is 4.90 Å². The SMILES string of the molecule is CCN(CCO)CCN(C)C(=O)C1CCC(CCN(C)c2ncc(Br)cn2)CC1. The number of carbonyl (C=O) groups excluding carboxylic acids is 1. The number of aromatic nitrogens is 2. The van der Waals surface area contributed by atoms with Gasteiger partial charge in [0.2, 0.25) is 11.9 Å². The van der Waals surface area contributed by atoms with Gasteiger partial charge in [0.25, 0.3) is 0 Å². The Balaban J connectivity index is 1.69. The number of anilines is 1. The molecule has 29 heavy (non-hydrogen) atoms. The van der Waals surface area contributed by atoms with Gasteiger partial charge in [-0.15, -0.1) is 0 Å². The standard InChI is InChI=1S/C21H36BrN5O2/c1-4-27(13-14-28)12-11-25(2)20(29)18-7-5-17(6-8-18)9-10-26(3)21-23-15-19(22)16-24-21/h15-18,28H,4-14H2,1-3H3. The predicted octanol–water partition coefficient (Wildman–Crippen LogP) is 2.64. The summed E-state index contributed by atoms with van der Waals surface area (Å²) in [6.07, 6.45) is 8.86. The van der Waals surface area contributed by atoms with Crippen LogP contribution in [0.25, 0.3) is 0 Å². The Hall–Kier alpha value is -1.25. The summed E-state index contributed by atoms with van der Waals surface area (Å²) in [6.45, 7) is 6.29. The highest BCUT2D eigenvalue weighted by molar-refractivity contribution is 9.10. The number of halogens is 1. The van der Waals surface area contributed by atoms with Crippen LogP contribution in [0.5, 0.6) is 0 Å². The van der Waals surface area contributed by atoms with Crippen LogP contribution >= 0.6 is 15.9 Å². The summed E-state index contributed by atoms with van der Waals surface area (Å²) in [6, 6.07) is 0. The number of nitrogens with zero attached hydrogens (tertiary/aromatic N) is 5. The minimum absolute atomic E-state index is 0.164. The molecule has 1 aromatic heterocycles. The topological polar surface area (TPSA) is 72.8 Å². The van der Waals surface area contributed by atoms with Crippen LogP contribution in [0.2, 0.25) is 0 Å². The van der Waals surface area contributed by atoms with Crippen LogP contribution in [0.3, 0.4) is 0 Å². The molecule has 0 radical (unpaired) electrons. The maximum absolute atomic E-state index is 12.8. The van der Waals surface area contributed by atoms with Crippen molar-refractivity contribution in [1.82, 2.24) is 19.8 Å². The van der Waals surface area contributed by atoms with E-state index in [1.807, 2.05) is 19.0 Å². The molecule has 7 nitrogen and oxygen atoms in total. The van der Waals surface area contributed by atoms with E-state index in [0.717, 1.165) is 68.7 Å². The summed E-state index contributed by atoms with van der Waals surface area (Å²) >= 11 is 3.36. The van der Waals surface area contributed by atoms with Crippen molar-refractivity contribution in [2.75, 3.05) is 58.3 Å². The third kappa shape index (κ3) is 7.83. The van der Waals surface area contributed by atoms with Crippen LogP contribution in [0, 0.1) is 11.8 Å². The first-order chi connectivity index (χ1) is 13.9. The molecule has 0 unspecified atom stereocenters. The highest BCUT2D eigenvalue weighted by Crippen LogP contribution is 2.32. The molecule has 1 N–H and O–H groups in total. The Morgan fingerprint density at radius 2 is 1.76 bits per heavy atom. The molecule has 0 spiro atoms. The number of hydrogen-bond acceptors (Lipinski definition) is 6. The van der Waals surface area contributed by atoms with Gasteiger partial charge in [-0.1, -0.05) is 6.92 Å². The molecule has 0 bridgehead atoms. The Morgan fingerprint density at radius 3 is 2.34 bits per heavy atom. The van der Waals surface area contributed by atoms with Crippen LogP contribution in [0.1, 0.15) is 39.0 Å². The lowest BCUT2D eigenvalue weighted by Crippen LogP contribution is -2.40. The quantitative estimate of drug-likeness (QED) is 0.536. The Kier molecular flexibility index (Phi) is 10.3. The minimum atomic E-state index is 0.164. The maximum atomic E-state index is 12.8. The normalized spacial score (nSPS) is 19.4. The van der Waals surface area contributed by atoms with Gasteiger partial charge >= 0.3 is 0 Å². The van der Waals surface area contributed by atoms with Crippen molar-refractivity contribution in [2.45, 2.75) is 39.0 Å². The molecule has 1 amide bonds. The Morgan fingerprint density at radius 1 is 1.10 bits per heavy atom. The Labute approximate surface area is 183 Å². The first-order valence-corrected chi connectivity index (χ1v) is 11.5. The van der Waals surface area contributed by atoms with E-state index in [9.17, 15) is 4.79 Å². The first-order valence-electron chi connectivity index (χ1n) is 10.7. The van der Waals surface area contributed by atoms with E-state index in [1.54, 1.807) is 12.4 Å². The van der Waals surface area contributed by atoms with E-state index in [4.69, 9.17) is 5.11 Å². The summed E-state index contributed by atoms with van der Waals surface area (Å²) < 4.78 is 0.887. The molecular formula is C21H36BrN5O2. The number of hydrogen-bond donors (Lipinski definition) is 1. The fraction of sp³-hybridized carbons (Fsp3) is 0.762. The lowest BCUT2D eigenvalue weighted by atomic mass is 9.80. The molecule has 2 rings (SSSR count). The lowest BCUT2D eigenvalue weighted by molar-refractivity contribution is -0.135. The molecule has 0 aromatic carbocycles. The van der Waals surface area contributed by atoms with E-state index in [1.165, 1.54) is 0 Å². The van der Waals surface area contributed by atoms with Crippen LogP contribution in [-0.2, 0) is 4.79 Å². The molecule has 0 aliphatic heterocycles. The zero-order valence-corrected chi connectivity index (χ0v) is 19.6. The highest BCUT2D eigenvalue weighted by Gasteiger charge is 2.28. The van der Waals surface area contributed by atoms with Gasteiger partial charge in [-0.25, -0.2) is 9.97 Å². The monoisotopic (exact) mass is 469 g/mol. The van der Waals surface area contributed by atoms with Crippen LogP contribution in [0.15, 0.2) is 16.9 Å². The zero-order valence-electron chi connectivity index (χ0n) is 18.1. The van der Waals surface area contributed by atoms with E-state index < -0.39 is 0 Å². The number of aliphatic hydroxyl groups excluding tert-OH is 1. The van der Waals surface area contributed by atoms with Gasteiger partial charge in [-0.05, 0) is 60.5 Å². The fourth-order valence-electron chi connectivity index (χ4n) is 3.96. The largest absolute Gasteiger partial charge is 0.395 e. The number of rotatable bonds is 11. The molecule has 1 aliphatic carbocycles. The third-order valence-electron chi connectivity index (χ3n) is 6.01. The second-order valence-electron chi connectivity index (χ2n) is 8.05. The molecular weight excluding hydrogens is 434 g/mol. The average molecular weight is 470 g/mol. The van der Waals surface area contributed by atoms with E-state index in [-0.39, 0.29) is 18.4 Å². The highest BCUT2D eigenvalue weighted by atomic mass is 79.9. The summed E-state index contributed by atoms with van der Waals surface area (Å²) in [7, 11) is 3.94. The van der Waals surface area contributed by atoms with Gasteiger partial charge in [0.15, 0.2) is 0 Å². The smallest absolute Gasteiger partial charge is 0.225 e. The fourth-order valence-corrected chi connectivity index (χ4v) is 4.16. The maximum Gasteiger partial charge on any atom is 0.225 e. The number of aliphatic hydroxyl groups is 1. The molecule has 1 saturated carbocycles. The summed E-state index contributed by atoms with van der Waals surface area (Å²) in [5.74, 6) is 1.86. The predicted molar refractivity (Wildman–Crippen MR) is 120 cm³/mol. The second-order valence-corrected chi connectivity index (χ2v) is 8.96. The van der Waals surface area contributed by atoms with Gasteiger partial charge in [-0.3, -0.25) is 9.69 Å². The average Bonchev–Trinajstić information content (AvgIpc) is 2.75. The first kappa shape index (κ1) is 24.0. The summed E-state index contributed by atoms with van der Waals surface area (Å²) in [5.41, 5.74) is 0. The molecule has 8 heteroatoms. The molecule has 1 aromatic rings. The van der Waals surface area contributed by atoms with Crippen molar-refractivity contribution >= 4 is 27.8 Å². The lowest BCUT2D eigenvalue weighted by Gasteiger charge is -2.32. The van der Waals surface area contributed by atoms with Crippen LogP contribution in [0.4, 0.5) is 5.95 Å². The second kappa shape index (κ2) is 12.4. The van der Waals surface area contributed by atoms with Gasteiger partial charge in [-0.2, -0.15) is 0 Å². The molecule has 1 aliphatic rings. The van der Waals surface area contributed by atoms with Gasteiger partial charge in [0.05, 0.1) is 11.1 Å². The van der Waals surface area contributed by atoms with Gasteiger partial charge < -0.3 is 14.9 Å². The summed E-state index contributed by atoms with van der Waals surface area (Å²) in [5, 5.41) is 9.09. The van der Waals surface area contributed by atoms with Crippen molar-refractivity contribution in [2.24, 2.45) is 11.8 Å². The van der Waals surface area contributed by atoms with E-state index in [2.05, 4.69) is 42.6 Å². The number of carbonyl (C=O) groups is 1. The van der Waals surface area contributed by atoms with Crippen LogP contribution in [-0.4, -0.2) is 84.2 Å². The van der Waals surface area contributed by atoms with E-state index >= 15 is 0 Å². The van der Waals surface area contributed by atoms with Crippen molar-refractivity contribution < 1.29 is 9.90 Å². The molecule has 1 fully saturated rings.